The van der Waals surface area contributed by atoms with Crippen LogP contribution < -0.4 is 9.47 Å². The molecule has 0 saturated heterocycles. The number of benzene rings is 1. The summed E-state index contributed by atoms with van der Waals surface area (Å²) in [4.78, 5) is 11.0. The lowest BCUT2D eigenvalue weighted by Gasteiger charge is -2.09. The molecule has 0 aromatic heterocycles. The number of ether oxygens (including phenoxy) is 2. The van der Waals surface area contributed by atoms with Gasteiger partial charge in [0.05, 0.1) is 11.3 Å². The van der Waals surface area contributed by atoms with Crippen LogP contribution in [0.25, 0.3) is 0 Å². The van der Waals surface area contributed by atoms with Crippen molar-refractivity contribution in [3.63, 3.8) is 0 Å². The summed E-state index contributed by atoms with van der Waals surface area (Å²) < 4.78 is 56.7. The Bertz CT molecular complexity index is 652. The van der Waals surface area contributed by atoms with Crippen molar-refractivity contribution in [2.45, 2.75) is 12.0 Å². The molecule has 0 saturated carbocycles. The second kappa shape index (κ2) is 4.05. The van der Waals surface area contributed by atoms with Crippen LogP contribution in [0.4, 0.5) is 8.78 Å². The first kappa shape index (κ1) is 13.5. The maximum Gasteiger partial charge on any atom is 0.586 e. The van der Waals surface area contributed by atoms with E-state index in [2.05, 4.69) is 9.47 Å². The number of carboxylic acids is 1. The minimum absolute atomic E-state index is 0.357. The average molecular weight is 294 g/mol. The summed E-state index contributed by atoms with van der Waals surface area (Å²) in [5.74, 6) is -3.14. The Morgan fingerprint density at radius 3 is 2.53 bits per heavy atom. The molecule has 0 radical (unpaired) electrons. The van der Waals surface area contributed by atoms with E-state index in [-0.39, 0.29) is 5.56 Å². The minimum atomic E-state index is -3.94. The summed E-state index contributed by atoms with van der Waals surface area (Å²) in [5.41, 5.74) is -0.782. The van der Waals surface area contributed by atoms with E-state index in [0.717, 1.165) is 18.4 Å². The zero-order valence-corrected chi connectivity index (χ0v) is 10.3. The van der Waals surface area contributed by atoms with Gasteiger partial charge in [0.2, 0.25) is 0 Å². The van der Waals surface area contributed by atoms with Crippen LogP contribution in [0.5, 0.6) is 11.5 Å². The van der Waals surface area contributed by atoms with Crippen molar-refractivity contribution in [3.8, 4) is 11.5 Å². The Morgan fingerprint density at radius 2 is 2.00 bits per heavy atom. The third kappa shape index (κ3) is 2.75. The van der Waals surface area contributed by atoms with E-state index >= 15 is 0 Å². The van der Waals surface area contributed by atoms with Gasteiger partial charge < -0.3 is 14.6 Å². The highest BCUT2D eigenvalue weighted by atomic mass is 32.2. The molecule has 1 N–H and O–H groups in total. The van der Waals surface area contributed by atoms with Crippen molar-refractivity contribution in [2.24, 2.45) is 0 Å². The van der Waals surface area contributed by atoms with Gasteiger partial charge in [-0.2, -0.15) is 0 Å². The van der Waals surface area contributed by atoms with E-state index in [1.54, 1.807) is 0 Å². The van der Waals surface area contributed by atoms with E-state index in [9.17, 15) is 22.0 Å². The molecule has 6 nitrogen and oxygen atoms in total. The molecule has 9 heteroatoms. The number of hydrogen-bond donors (Lipinski definition) is 1. The standard InChI is InChI=1S/C10H8F2O6S/c1-19(15,16)4-6-5(9(13)14)2-3-7-8(6)18-10(11,12)17-7/h2-3H,4H2,1H3,(H,13,14). The van der Waals surface area contributed by atoms with Gasteiger partial charge in [-0.1, -0.05) is 0 Å². The van der Waals surface area contributed by atoms with Gasteiger partial charge in [-0.05, 0) is 12.1 Å². The van der Waals surface area contributed by atoms with E-state index in [0.29, 0.717) is 0 Å². The van der Waals surface area contributed by atoms with Crippen LogP contribution in [0.15, 0.2) is 12.1 Å². The topological polar surface area (TPSA) is 89.9 Å². The molecular formula is C10H8F2O6S. The second-order valence-electron chi connectivity index (χ2n) is 3.96. The first-order valence-corrected chi connectivity index (χ1v) is 6.98. The number of carbonyl (C=O) groups is 1. The molecular weight excluding hydrogens is 286 g/mol. The number of fused-ring (bicyclic) bond motifs is 1. The Kier molecular flexibility index (Phi) is 2.89. The SMILES string of the molecule is CS(=O)(=O)Cc1c(C(=O)O)ccc2c1OC(F)(F)O2. The van der Waals surface area contributed by atoms with Crippen molar-refractivity contribution in [1.29, 1.82) is 0 Å². The zero-order chi connectivity index (χ0) is 14.4. The maximum atomic E-state index is 12.9. The largest absolute Gasteiger partial charge is 0.586 e. The molecule has 1 aromatic carbocycles. The predicted octanol–water partition coefficient (Wildman–Crippen LogP) is 1.25. The molecule has 0 spiro atoms. The molecule has 0 aliphatic carbocycles. The van der Waals surface area contributed by atoms with Gasteiger partial charge in [0, 0.05) is 11.8 Å². The van der Waals surface area contributed by atoms with Crippen molar-refractivity contribution >= 4 is 15.8 Å². The summed E-state index contributed by atoms with van der Waals surface area (Å²) in [6.07, 6.45) is -3.09. The molecule has 1 aromatic rings. The Balaban J connectivity index is 2.61. The van der Waals surface area contributed by atoms with Crippen LogP contribution in [-0.2, 0) is 15.6 Å². The van der Waals surface area contributed by atoms with Gasteiger partial charge in [-0.3, -0.25) is 0 Å². The lowest BCUT2D eigenvalue weighted by molar-refractivity contribution is -0.286. The van der Waals surface area contributed by atoms with Crippen molar-refractivity contribution in [2.75, 3.05) is 6.26 Å². The quantitative estimate of drug-likeness (QED) is 0.902. The fraction of sp³-hybridized carbons (Fsp3) is 0.300. The normalized spacial score (nSPS) is 16.4. The average Bonchev–Trinajstić information content (AvgIpc) is 2.50. The van der Waals surface area contributed by atoms with Gasteiger partial charge >= 0.3 is 12.3 Å². The number of halogens is 2. The first-order chi connectivity index (χ1) is 8.59. The van der Waals surface area contributed by atoms with Gasteiger partial charge in [-0.15, -0.1) is 8.78 Å². The highest BCUT2D eigenvalue weighted by molar-refractivity contribution is 7.89. The van der Waals surface area contributed by atoms with E-state index in [1.165, 1.54) is 0 Å². The molecule has 0 amide bonds. The molecule has 0 atom stereocenters. The van der Waals surface area contributed by atoms with Gasteiger partial charge in [0.15, 0.2) is 21.3 Å². The fourth-order valence-corrected chi connectivity index (χ4v) is 2.48. The highest BCUT2D eigenvalue weighted by Crippen LogP contribution is 2.45. The van der Waals surface area contributed by atoms with E-state index < -0.39 is 44.9 Å². The van der Waals surface area contributed by atoms with Crippen LogP contribution >= 0.6 is 0 Å². The van der Waals surface area contributed by atoms with Gasteiger partial charge in [0.1, 0.15) is 0 Å². The van der Waals surface area contributed by atoms with Crippen LogP contribution in [-0.4, -0.2) is 32.0 Å². The van der Waals surface area contributed by atoms with Crippen LogP contribution in [0, 0.1) is 0 Å². The third-order valence-corrected chi connectivity index (χ3v) is 3.12. The molecule has 0 unspecified atom stereocenters. The molecule has 1 aliphatic heterocycles. The number of aromatic carboxylic acids is 1. The van der Waals surface area contributed by atoms with Crippen molar-refractivity contribution < 1.29 is 36.6 Å². The van der Waals surface area contributed by atoms with Crippen LogP contribution in [0.1, 0.15) is 15.9 Å². The molecule has 0 bridgehead atoms. The molecule has 0 fully saturated rings. The smallest absolute Gasteiger partial charge is 0.478 e. The second-order valence-corrected chi connectivity index (χ2v) is 6.10. The van der Waals surface area contributed by atoms with Crippen molar-refractivity contribution in [1.82, 2.24) is 0 Å². The Morgan fingerprint density at radius 1 is 1.37 bits per heavy atom. The van der Waals surface area contributed by atoms with Crippen LogP contribution in [0.3, 0.4) is 0 Å². The number of alkyl halides is 2. The molecule has 1 heterocycles. The molecule has 2 rings (SSSR count). The number of sulfone groups is 1. The summed E-state index contributed by atoms with van der Waals surface area (Å²) in [5, 5.41) is 8.95. The molecule has 19 heavy (non-hydrogen) atoms. The van der Waals surface area contributed by atoms with Gasteiger partial charge in [0.25, 0.3) is 0 Å². The summed E-state index contributed by atoms with van der Waals surface area (Å²) >= 11 is 0. The summed E-state index contributed by atoms with van der Waals surface area (Å²) in [6, 6.07) is 1.98. The number of rotatable bonds is 3. The first-order valence-electron chi connectivity index (χ1n) is 4.92. The van der Waals surface area contributed by atoms with Crippen molar-refractivity contribution in [3.05, 3.63) is 23.3 Å². The lowest BCUT2D eigenvalue weighted by Crippen LogP contribution is -2.26. The number of hydrogen-bond acceptors (Lipinski definition) is 5. The summed E-state index contributed by atoms with van der Waals surface area (Å²) in [7, 11) is -3.64. The monoisotopic (exact) mass is 294 g/mol. The molecule has 1 aliphatic rings. The highest BCUT2D eigenvalue weighted by Gasteiger charge is 2.45. The lowest BCUT2D eigenvalue weighted by atomic mass is 10.1. The Hall–Kier alpha value is -1.90. The van der Waals surface area contributed by atoms with Crippen LogP contribution in [0.2, 0.25) is 0 Å². The molecule has 104 valence electrons. The Labute approximate surface area is 106 Å². The zero-order valence-electron chi connectivity index (χ0n) is 9.51. The van der Waals surface area contributed by atoms with E-state index in [1.807, 2.05) is 0 Å². The predicted molar refractivity (Wildman–Crippen MR) is 58.2 cm³/mol. The van der Waals surface area contributed by atoms with Gasteiger partial charge in [-0.25, -0.2) is 13.2 Å². The fourth-order valence-electron chi connectivity index (χ4n) is 1.67. The maximum absolute atomic E-state index is 12.9. The van der Waals surface area contributed by atoms with E-state index in [4.69, 9.17) is 5.11 Å². The number of carboxylic acid groups (broad SMARTS) is 1. The third-order valence-electron chi connectivity index (χ3n) is 2.31. The summed E-state index contributed by atoms with van der Waals surface area (Å²) in [6.45, 7) is 0. The minimum Gasteiger partial charge on any atom is -0.478 e.